The lowest BCUT2D eigenvalue weighted by Crippen LogP contribution is -1.93. The van der Waals surface area contributed by atoms with Gasteiger partial charge in [-0.1, -0.05) is 26.0 Å². The number of hydrogen-bond donors (Lipinski definition) is 0. The van der Waals surface area contributed by atoms with Crippen LogP contribution in [0.2, 0.25) is 0 Å². The van der Waals surface area contributed by atoms with Crippen molar-refractivity contribution in [1.82, 2.24) is 9.78 Å². The number of nitrogens with zero attached hydrogens (tertiary/aromatic N) is 2. The Labute approximate surface area is 84.5 Å². The molecule has 0 saturated carbocycles. The second kappa shape index (κ2) is 3.45. The molecule has 1 aromatic heterocycles. The summed E-state index contributed by atoms with van der Waals surface area (Å²) < 4.78 is 1.93. The third kappa shape index (κ3) is 1.41. The van der Waals surface area contributed by atoms with Gasteiger partial charge in [0.15, 0.2) is 0 Å². The highest BCUT2D eigenvalue weighted by Crippen LogP contribution is 2.22. The molecular formula is C12H16N2. The van der Waals surface area contributed by atoms with Gasteiger partial charge in [-0.3, -0.25) is 4.68 Å². The van der Waals surface area contributed by atoms with Crippen molar-refractivity contribution in [2.24, 2.45) is 7.05 Å². The highest BCUT2D eigenvalue weighted by Gasteiger charge is 2.05. The monoisotopic (exact) mass is 188 g/mol. The van der Waals surface area contributed by atoms with Gasteiger partial charge in [-0.15, -0.1) is 0 Å². The molecule has 0 aliphatic carbocycles. The van der Waals surface area contributed by atoms with E-state index in [0.717, 1.165) is 0 Å². The molecule has 2 heteroatoms. The van der Waals surface area contributed by atoms with E-state index in [4.69, 9.17) is 0 Å². The number of hydrogen-bond acceptors (Lipinski definition) is 1. The zero-order valence-corrected chi connectivity index (χ0v) is 8.99. The fourth-order valence-electron chi connectivity index (χ4n) is 1.70. The second-order valence-electron chi connectivity index (χ2n) is 3.90. The third-order valence-electron chi connectivity index (χ3n) is 2.95. The van der Waals surface area contributed by atoms with Crippen molar-refractivity contribution in [2.45, 2.75) is 26.2 Å². The lowest BCUT2D eigenvalue weighted by atomic mass is 9.98. The number of fused-ring (bicyclic) bond motifs is 1. The molecule has 1 heterocycles. The lowest BCUT2D eigenvalue weighted by Gasteiger charge is -2.08. The molecule has 0 fully saturated rings. The Hall–Kier alpha value is -1.31. The van der Waals surface area contributed by atoms with Gasteiger partial charge in [-0.05, 0) is 24.0 Å². The average molecular weight is 188 g/mol. The summed E-state index contributed by atoms with van der Waals surface area (Å²) in [6.07, 6.45) is 3.10. The predicted molar refractivity (Wildman–Crippen MR) is 59.4 cm³/mol. The van der Waals surface area contributed by atoms with Crippen LogP contribution in [0.3, 0.4) is 0 Å². The van der Waals surface area contributed by atoms with Crippen LogP contribution in [0.1, 0.15) is 31.7 Å². The first kappa shape index (κ1) is 9.25. The fraction of sp³-hybridized carbons (Fsp3) is 0.417. The number of benzene rings is 1. The van der Waals surface area contributed by atoms with Crippen LogP contribution in [-0.4, -0.2) is 9.78 Å². The SMILES string of the molecule is CC[C@H](C)c1ccc2cnn(C)c2c1. The van der Waals surface area contributed by atoms with Gasteiger partial charge in [0.05, 0.1) is 11.7 Å². The van der Waals surface area contributed by atoms with E-state index < -0.39 is 0 Å². The van der Waals surface area contributed by atoms with Crippen molar-refractivity contribution in [1.29, 1.82) is 0 Å². The first-order valence-corrected chi connectivity index (χ1v) is 5.14. The molecule has 2 rings (SSSR count). The Balaban J connectivity index is 2.54. The van der Waals surface area contributed by atoms with Gasteiger partial charge < -0.3 is 0 Å². The van der Waals surface area contributed by atoms with Gasteiger partial charge in [-0.2, -0.15) is 5.10 Å². The summed E-state index contributed by atoms with van der Waals surface area (Å²) in [4.78, 5) is 0. The van der Waals surface area contributed by atoms with Crippen LogP contribution in [0.5, 0.6) is 0 Å². The minimum Gasteiger partial charge on any atom is -0.268 e. The van der Waals surface area contributed by atoms with Crippen LogP contribution in [0.4, 0.5) is 0 Å². The summed E-state index contributed by atoms with van der Waals surface area (Å²) in [7, 11) is 1.99. The molecule has 74 valence electrons. The van der Waals surface area contributed by atoms with Crippen molar-refractivity contribution in [3.05, 3.63) is 30.0 Å². The molecule has 0 saturated heterocycles. The molecule has 0 aliphatic heterocycles. The first-order chi connectivity index (χ1) is 6.72. The van der Waals surface area contributed by atoms with Crippen LogP contribution in [-0.2, 0) is 7.05 Å². The minimum absolute atomic E-state index is 0.634. The van der Waals surface area contributed by atoms with Crippen molar-refractivity contribution in [3.8, 4) is 0 Å². The van der Waals surface area contributed by atoms with Crippen molar-refractivity contribution < 1.29 is 0 Å². The normalized spacial score (nSPS) is 13.4. The maximum atomic E-state index is 4.24. The largest absolute Gasteiger partial charge is 0.268 e. The Bertz CT molecular complexity index is 443. The Morgan fingerprint density at radius 1 is 1.43 bits per heavy atom. The van der Waals surface area contributed by atoms with Crippen molar-refractivity contribution >= 4 is 10.9 Å². The van der Waals surface area contributed by atoms with E-state index in [0.29, 0.717) is 5.92 Å². The molecule has 14 heavy (non-hydrogen) atoms. The molecule has 0 unspecified atom stereocenters. The van der Waals surface area contributed by atoms with Gasteiger partial charge in [0.1, 0.15) is 0 Å². The van der Waals surface area contributed by atoms with Crippen LogP contribution >= 0.6 is 0 Å². The molecule has 0 bridgehead atoms. The number of aryl methyl sites for hydroxylation is 1. The van der Waals surface area contributed by atoms with E-state index in [1.165, 1.54) is 22.9 Å². The molecule has 1 aromatic carbocycles. The van der Waals surface area contributed by atoms with Gasteiger partial charge in [0.2, 0.25) is 0 Å². The quantitative estimate of drug-likeness (QED) is 0.708. The molecule has 0 radical (unpaired) electrons. The van der Waals surface area contributed by atoms with Gasteiger partial charge in [-0.25, -0.2) is 0 Å². The maximum absolute atomic E-state index is 4.24. The molecule has 0 amide bonds. The van der Waals surface area contributed by atoms with E-state index in [1.807, 2.05) is 17.9 Å². The van der Waals surface area contributed by atoms with Crippen LogP contribution in [0.15, 0.2) is 24.4 Å². The van der Waals surface area contributed by atoms with Gasteiger partial charge in [0, 0.05) is 12.4 Å². The molecule has 2 aromatic rings. The van der Waals surface area contributed by atoms with E-state index in [2.05, 4.69) is 37.1 Å². The highest BCUT2D eigenvalue weighted by atomic mass is 15.2. The number of rotatable bonds is 2. The van der Waals surface area contributed by atoms with Crippen LogP contribution < -0.4 is 0 Å². The molecule has 0 N–H and O–H groups in total. The van der Waals surface area contributed by atoms with Crippen LogP contribution in [0.25, 0.3) is 10.9 Å². The average Bonchev–Trinajstić information content (AvgIpc) is 2.59. The number of aromatic nitrogens is 2. The third-order valence-corrected chi connectivity index (χ3v) is 2.95. The molecule has 1 atom stereocenters. The predicted octanol–water partition coefficient (Wildman–Crippen LogP) is 3.09. The lowest BCUT2D eigenvalue weighted by molar-refractivity contribution is 0.732. The van der Waals surface area contributed by atoms with Gasteiger partial charge >= 0.3 is 0 Å². The van der Waals surface area contributed by atoms with Crippen molar-refractivity contribution in [3.63, 3.8) is 0 Å². The maximum Gasteiger partial charge on any atom is 0.0681 e. The van der Waals surface area contributed by atoms with Crippen molar-refractivity contribution in [2.75, 3.05) is 0 Å². The van der Waals surface area contributed by atoms with Gasteiger partial charge in [0.25, 0.3) is 0 Å². The Morgan fingerprint density at radius 3 is 2.93 bits per heavy atom. The zero-order chi connectivity index (χ0) is 10.1. The summed E-state index contributed by atoms with van der Waals surface area (Å²) >= 11 is 0. The van der Waals surface area contributed by atoms with E-state index in [-0.39, 0.29) is 0 Å². The highest BCUT2D eigenvalue weighted by molar-refractivity contribution is 5.79. The smallest absolute Gasteiger partial charge is 0.0681 e. The standard InChI is InChI=1S/C12H16N2/c1-4-9(2)10-5-6-11-8-13-14(3)12(11)7-10/h5-9H,4H2,1-3H3/t9-/m0/s1. The summed E-state index contributed by atoms with van der Waals surface area (Å²) in [6, 6.07) is 6.61. The molecular weight excluding hydrogens is 172 g/mol. The fourth-order valence-corrected chi connectivity index (χ4v) is 1.70. The summed E-state index contributed by atoms with van der Waals surface area (Å²) in [5.74, 6) is 0.634. The molecule has 0 aliphatic rings. The van der Waals surface area contributed by atoms with Crippen LogP contribution in [0, 0.1) is 0 Å². The molecule has 0 spiro atoms. The molecule has 2 nitrogen and oxygen atoms in total. The Kier molecular flexibility index (Phi) is 2.28. The summed E-state index contributed by atoms with van der Waals surface area (Å²) in [6.45, 7) is 4.48. The zero-order valence-electron chi connectivity index (χ0n) is 8.99. The topological polar surface area (TPSA) is 17.8 Å². The van der Waals surface area contributed by atoms with E-state index in [1.54, 1.807) is 0 Å². The minimum atomic E-state index is 0.634. The van der Waals surface area contributed by atoms with E-state index >= 15 is 0 Å². The second-order valence-corrected chi connectivity index (χ2v) is 3.90. The summed E-state index contributed by atoms with van der Waals surface area (Å²) in [5.41, 5.74) is 2.63. The van der Waals surface area contributed by atoms with E-state index in [9.17, 15) is 0 Å². The first-order valence-electron chi connectivity index (χ1n) is 5.14. The Morgan fingerprint density at radius 2 is 2.21 bits per heavy atom. The summed E-state index contributed by atoms with van der Waals surface area (Å²) in [5, 5.41) is 5.46.